The minimum Gasteiger partial charge on any atom is -0.462 e. The molecule has 0 radical (unpaired) electrons. The summed E-state index contributed by atoms with van der Waals surface area (Å²) in [6, 6.07) is 0. The molecular weight excluding hydrogens is 1410 g/mol. The molecule has 0 amide bonds. The molecule has 17 nitrogen and oxygen atoms in total. The molecule has 648 valence electrons. The molecule has 0 aliphatic heterocycles. The Morgan fingerprint density at radius 2 is 0.468 bits per heavy atom. The Morgan fingerprint density at radius 1 is 0.266 bits per heavy atom. The van der Waals surface area contributed by atoms with E-state index in [1.807, 2.05) is 0 Å². The van der Waals surface area contributed by atoms with Crippen molar-refractivity contribution < 1.29 is 80.2 Å². The molecule has 0 bridgehead atoms. The Morgan fingerprint density at radius 3 is 0.697 bits per heavy atom. The monoisotopic (exact) mass is 1590 g/mol. The van der Waals surface area contributed by atoms with Gasteiger partial charge < -0.3 is 33.8 Å². The molecular formula is C90H176O17P2. The van der Waals surface area contributed by atoms with Gasteiger partial charge in [0.2, 0.25) is 0 Å². The summed E-state index contributed by atoms with van der Waals surface area (Å²) in [4.78, 5) is 73.4. The average Bonchev–Trinajstić information content (AvgIpc) is 0.899. The third-order valence-electron chi connectivity index (χ3n) is 21.9. The van der Waals surface area contributed by atoms with Crippen molar-refractivity contribution in [3.8, 4) is 0 Å². The summed E-state index contributed by atoms with van der Waals surface area (Å²) in [5, 5.41) is 10.7. The number of unbranched alkanes of at least 4 members (excludes halogenated alkanes) is 54. The first-order valence-electron chi connectivity index (χ1n) is 46.4. The Labute approximate surface area is 670 Å². The molecule has 7 atom stereocenters. The van der Waals surface area contributed by atoms with Crippen LogP contribution in [0.3, 0.4) is 0 Å². The van der Waals surface area contributed by atoms with Gasteiger partial charge in [0.15, 0.2) is 12.2 Å². The molecule has 0 rings (SSSR count). The maximum absolute atomic E-state index is 13.2. The van der Waals surface area contributed by atoms with Crippen LogP contribution in [0.4, 0.5) is 0 Å². The third-order valence-corrected chi connectivity index (χ3v) is 23.8. The molecule has 0 aromatic heterocycles. The Bertz CT molecular complexity index is 2100. The molecule has 0 aromatic carbocycles. The highest BCUT2D eigenvalue weighted by molar-refractivity contribution is 7.47. The molecule has 0 aromatic rings. The number of phosphoric ester groups is 2. The Kier molecular flexibility index (Phi) is 78.5. The number of hydrogen-bond donors (Lipinski definition) is 3. The lowest BCUT2D eigenvalue weighted by atomic mass is 9.99. The highest BCUT2D eigenvalue weighted by Crippen LogP contribution is 2.45. The second kappa shape index (κ2) is 79.9. The van der Waals surface area contributed by atoms with Crippen molar-refractivity contribution in [3.63, 3.8) is 0 Å². The maximum atomic E-state index is 13.2. The van der Waals surface area contributed by atoms with Crippen LogP contribution in [0.15, 0.2) is 0 Å². The fourth-order valence-corrected chi connectivity index (χ4v) is 15.6. The molecule has 109 heavy (non-hydrogen) atoms. The molecule has 19 heteroatoms. The lowest BCUT2D eigenvalue weighted by molar-refractivity contribution is -0.161. The van der Waals surface area contributed by atoms with E-state index < -0.39 is 97.5 Å². The number of hydrogen-bond acceptors (Lipinski definition) is 15. The fourth-order valence-electron chi connectivity index (χ4n) is 14.0. The smallest absolute Gasteiger partial charge is 0.462 e. The Balaban J connectivity index is 5.23. The molecule has 0 aliphatic carbocycles. The summed E-state index contributed by atoms with van der Waals surface area (Å²) < 4.78 is 69.0. The van der Waals surface area contributed by atoms with E-state index in [4.69, 9.17) is 37.0 Å². The van der Waals surface area contributed by atoms with E-state index in [9.17, 15) is 43.2 Å². The molecule has 0 spiro atoms. The lowest BCUT2D eigenvalue weighted by Crippen LogP contribution is -2.30. The van der Waals surface area contributed by atoms with Crippen molar-refractivity contribution >= 4 is 39.5 Å². The minimum absolute atomic E-state index is 0.107. The third kappa shape index (κ3) is 81.0. The van der Waals surface area contributed by atoms with Crippen LogP contribution in [0.5, 0.6) is 0 Å². The molecule has 0 saturated heterocycles. The van der Waals surface area contributed by atoms with Crippen molar-refractivity contribution in [3.05, 3.63) is 0 Å². The number of carbonyl (C=O) groups is 4. The van der Waals surface area contributed by atoms with Gasteiger partial charge in [-0.3, -0.25) is 37.3 Å². The first-order valence-corrected chi connectivity index (χ1v) is 49.4. The van der Waals surface area contributed by atoms with Gasteiger partial charge in [0.05, 0.1) is 26.4 Å². The van der Waals surface area contributed by atoms with Crippen LogP contribution in [-0.2, 0) is 65.4 Å². The van der Waals surface area contributed by atoms with Crippen LogP contribution in [0, 0.1) is 17.8 Å². The second-order valence-electron chi connectivity index (χ2n) is 33.3. The Hall–Kier alpha value is -1.94. The zero-order valence-electron chi connectivity index (χ0n) is 72.0. The van der Waals surface area contributed by atoms with Gasteiger partial charge in [-0.15, -0.1) is 0 Å². The molecule has 0 aliphatic rings. The van der Waals surface area contributed by atoms with E-state index in [1.165, 1.54) is 283 Å². The van der Waals surface area contributed by atoms with Gasteiger partial charge in [0, 0.05) is 25.7 Å². The summed E-state index contributed by atoms with van der Waals surface area (Å²) in [6.07, 6.45) is 72.3. The van der Waals surface area contributed by atoms with E-state index in [2.05, 4.69) is 48.5 Å². The average molecular weight is 1590 g/mol. The van der Waals surface area contributed by atoms with Crippen LogP contribution in [0.25, 0.3) is 0 Å². The zero-order valence-corrected chi connectivity index (χ0v) is 73.8. The summed E-state index contributed by atoms with van der Waals surface area (Å²) in [5.74, 6) is 0.295. The number of carbonyl (C=O) groups excluding carboxylic acids is 4. The van der Waals surface area contributed by atoms with Gasteiger partial charge in [-0.2, -0.15) is 0 Å². The van der Waals surface area contributed by atoms with Gasteiger partial charge in [-0.1, -0.05) is 427 Å². The van der Waals surface area contributed by atoms with Gasteiger partial charge >= 0.3 is 39.5 Å². The van der Waals surface area contributed by atoms with Crippen molar-refractivity contribution in [1.82, 2.24) is 0 Å². The van der Waals surface area contributed by atoms with Crippen molar-refractivity contribution in [1.29, 1.82) is 0 Å². The van der Waals surface area contributed by atoms with Crippen molar-refractivity contribution in [2.24, 2.45) is 17.8 Å². The number of ether oxygens (including phenoxy) is 4. The fraction of sp³-hybridized carbons (Fsp3) is 0.956. The molecule has 0 heterocycles. The number of esters is 4. The van der Waals surface area contributed by atoms with Gasteiger partial charge in [0.1, 0.15) is 19.3 Å². The SMILES string of the molecule is CCCCCCCCCCCCCCCCCCCCCCC(=O)OC[C@H](COP(=O)(O)OC[C@@H](O)COP(=O)(O)OC[C@@H](COC(=O)CCCCCCCCC(C)CC)OC(=O)CCCCCCCCCCCCCCCCC(C)CC)OC(=O)CCCCCCCCCCCCCCCCCCCCC(C)C. The maximum Gasteiger partial charge on any atom is 0.472 e. The number of aliphatic hydroxyl groups is 1. The highest BCUT2D eigenvalue weighted by atomic mass is 31.2. The molecule has 3 N–H and O–H groups in total. The molecule has 0 saturated carbocycles. The zero-order chi connectivity index (χ0) is 80.0. The number of rotatable bonds is 88. The quantitative estimate of drug-likeness (QED) is 0.0222. The normalized spacial score (nSPS) is 14.3. The van der Waals surface area contributed by atoms with Gasteiger partial charge in [-0.25, -0.2) is 9.13 Å². The van der Waals surface area contributed by atoms with E-state index in [1.54, 1.807) is 0 Å². The van der Waals surface area contributed by atoms with Gasteiger partial charge in [0.25, 0.3) is 0 Å². The van der Waals surface area contributed by atoms with E-state index in [0.717, 1.165) is 114 Å². The summed E-state index contributed by atoms with van der Waals surface area (Å²) >= 11 is 0. The van der Waals surface area contributed by atoms with E-state index in [0.29, 0.717) is 25.7 Å². The predicted molar refractivity (Wildman–Crippen MR) is 451 cm³/mol. The molecule has 4 unspecified atom stereocenters. The highest BCUT2D eigenvalue weighted by Gasteiger charge is 2.31. The van der Waals surface area contributed by atoms with Crippen LogP contribution in [-0.4, -0.2) is 96.7 Å². The van der Waals surface area contributed by atoms with Crippen molar-refractivity contribution in [2.45, 2.75) is 497 Å². The topological polar surface area (TPSA) is 237 Å². The predicted octanol–water partition coefficient (Wildman–Crippen LogP) is 27.6. The first kappa shape index (κ1) is 107. The minimum atomic E-state index is -4.97. The van der Waals surface area contributed by atoms with Crippen LogP contribution in [0.1, 0.15) is 479 Å². The lowest BCUT2D eigenvalue weighted by Gasteiger charge is -2.21. The van der Waals surface area contributed by atoms with Crippen LogP contribution >= 0.6 is 15.6 Å². The largest absolute Gasteiger partial charge is 0.472 e. The van der Waals surface area contributed by atoms with Crippen LogP contribution < -0.4 is 0 Å². The number of aliphatic hydroxyl groups excluding tert-OH is 1. The van der Waals surface area contributed by atoms with Crippen LogP contribution in [0.2, 0.25) is 0 Å². The summed E-state index contributed by atoms with van der Waals surface area (Å²) in [5.41, 5.74) is 0. The number of phosphoric acid groups is 2. The first-order chi connectivity index (χ1) is 52.8. The molecule has 0 fully saturated rings. The van der Waals surface area contributed by atoms with E-state index >= 15 is 0 Å². The summed E-state index contributed by atoms with van der Waals surface area (Å²) in [7, 11) is -9.93. The van der Waals surface area contributed by atoms with E-state index in [-0.39, 0.29) is 25.7 Å². The second-order valence-corrected chi connectivity index (χ2v) is 36.2. The van der Waals surface area contributed by atoms with Crippen molar-refractivity contribution in [2.75, 3.05) is 39.6 Å². The summed E-state index contributed by atoms with van der Waals surface area (Å²) in [6.45, 7) is 12.1. The van der Waals surface area contributed by atoms with Gasteiger partial charge in [-0.05, 0) is 43.4 Å². The standard InChI is InChI=1S/C90H176O17P2/c1-8-11-12-13-14-15-16-17-18-19-20-21-25-28-34-39-44-49-57-64-71-87(92)100-77-85(106-89(94)73-66-59-50-45-40-35-29-26-23-22-24-27-32-37-42-47-54-61-68-81(4)5)79-104-108(96,97)102-75-84(91)76-103-109(98,99)105-80-86(78-101-88(93)72-65-58-53-52-56-63-70-83(7)10-3)107-90(95)74-67-60-51-46-41-36-31-30-33-38-43-48-55-62-69-82(6)9-2/h81-86,91H,8-80H2,1-7H3,(H,96,97)(H,98,99)/t82?,83?,84-,85-,86-/m1/s1.